The summed E-state index contributed by atoms with van der Waals surface area (Å²) in [5.41, 5.74) is 6.43. The number of aromatic amines is 1. The normalized spacial score (nSPS) is 10.8. The zero-order valence-electron chi connectivity index (χ0n) is 5.81. The van der Waals surface area contributed by atoms with Gasteiger partial charge in [0.05, 0.1) is 13.6 Å². The molecule has 0 bridgehead atoms. The summed E-state index contributed by atoms with van der Waals surface area (Å²) in [6.45, 7) is 0. The molecule has 3 N–H and O–H groups in total. The van der Waals surface area contributed by atoms with Crippen LogP contribution in [0, 0.1) is 3.70 Å². The molecule has 0 fully saturated rings. The van der Waals surface area contributed by atoms with Gasteiger partial charge in [0.2, 0.25) is 0 Å². The summed E-state index contributed by atoms with van der Waals surface area (Å²) in [6.07, 6.45) is 1.44. The number of anilines is 1. The number of nitrogens with one attached hydrogen (secondary N) is 1. The van der Waals surface area contributed by atoms with Gasteiger partial charge in [-0.05, 0) is 38.5 Å². The molecule has 2 aromatic rings. The van der Waals surface area contributed by atoms with E-state index in [0.717, 1.165) is 19.2 Å². The van der Waals surface area contributed by atoms with E-state index in [9.17, 15) is 0 Å². The highest BCUT2D eigenvalue weighted by atomic mass is 127. The van der Waals surface area contributed by atoms with Gasteiger partial charge in [-0.3, -0.25) is 0 Å². The smallest absolute Gasteiger partial charge is 0.144 e. The summed E-state index contributed by atoms with van der Waals surface area (Å²) in [7, 11) is 0. The molecule has 0 amide bonds. The second-order valence-electron chi connectivity index (χ2n) is 2.24. The lowest BCUT2D eigenvalue weighted by molar-refractivity contribution is 1.20. The number of aromatic nitrogens is 3. The third-order valence-electron chi connectivity index (χ3n) is 1.52. The summed E-state index contributed by atoms with van der Waals surface area (Å²) in [4.78, 5) is 11.0. The molecule has 0 aromatic carbocycles. The van der Waals surface area contributed by atoms with Crippen LogP contribution in [0.3, 0.4) is 0 Å². The number of fused-ring (bicyclic) bond motifs is 1. The van der Waals surface area contributed by atoms with Crippen LogP contribution in [0.4, 0.5) is 5.82 Å². The minimum Gasteiger partial charge on any atom is -0.383 e. The third-order valence-corrected chi connectivity index (χ3v) is 3.86. The van der Waals surface area contributed by atoms with Crippen LogP contribution >= 0.6 is 38.5 Å². The van der Waals surface area contributed by atoms with E-state index in [4.69, 9.17) is 5.73 Å². The molecule has 0 aliphatic carbocycles. The van der Waals surface area contributed by atoms with E-state index in [-0.39, 0.29) is 0 Å². The van der Waals surface area contributed by atoms with Crippen molar-refractivity contribution in [1.82, 2.24) is 15.0 Å². The largest absolute Gasteiger partial charge is 0.383 e. The molecule has 12 heavy (non-hydrogen) atoms. The first-order valence-electron chi connectivity index (χ1n) is 3.13. The topological polar surface area (TPSA) is 67.6 Å². The summed E-state index contributed by atoms with van der Waals surface area (Å²) < 4.78 is 1.91. The highest BCUT2D eigenvalue weighted by molar-refractivity contribution is 14.1. The van der Waals surface area contributed by atoms with E-state index in [1.807, 2.05) is 0 Å². The van der Waals surface area contributed by atoms with E-state index < -0.39 is 0 Å². The Hall–Kier alpha value is -0.370. The maximum atomic E-state index is 5.67. The molecule has 0 saturated carbocycles. The van der Waals surface area contributed by atoms with Crippen LogP contribution in [-0.4, -0.2) is 15.0 Å². The second kappa shape index (κ2) is 2.84. The van der Waals surface area contributed by atoms with Crippen molar-refractivity contribution in [2.75, 3.05) is 5.73 Å². The fourth-order valence-electron chi connectivity index (χ4n) is 0.979. The Kier molecular flexibility index (Phi) is 1.95. The molecule has 0 aliphatic heterocycles. The maximum absolute atomic E-state index is 5.67. The van der Waals surface area contributed by atoms with Crippen LogP contribution in [0.1, 0.15) is 0 Å². The molecular formula is C6H4BrIN4. The molecule has 4 nitrogen and oxygen atoms in total. The first-order chi connectivity index (χ1) is 5.70. The molecule has 0 spiro atoms. The van der Waals surface area contributed by atoms with Gasteiger partial charge >= 0.3 is 0 Å². The van der Waals surface area contributed by atoms with Crippen LogP contribution < -0.4 is 5.73 Å². The van der Waals surface area contributed by atoms with Crippen LogP contribution in [0.2, 0.25) is 0 Å². The van der Waals surface area contributed by atoms with Crippen LogP contribution in [-0.2, 0) is 0 Å². The van der Waals surface area contributed by atoms with Crippen molar-refractivity contribution in [2.45, 2.75) is 0 Å². The van der Waals surface area contributed by atoms with Gasteiger partial charge in [-0.1, -0.05) is 0 Å². The average molecular weight is 339 g/mol. The van der Waals surface area contributed by atoms with Crippen molar-refractivity contribution < 1.29 is 0 Å². The quantitative estimate of drug-likeness (QED) is 0.721. The molecule has 6 heteroatoms. The predicted octanol–water partition coefficient (Wildman–Crippen LogP) is 1.91. The van der Waals surface area contributed by atoms with Gasteiger partial charge in [-0.25, -0.2) is 9.97 Å². The number of hydrogen-bond donors (Lipinski definition) is 2. The fraction of sp³-hybridized carbons (Fsp3) is 0. The minimum atomic E-state index is 0.492. The Labute approximate surface area is 90.2 Å². The van der Waals surface area contributed by atoms with Gasteiger partial charge in [0, 0.05) is 0 Å². The van der Waals surface area contributed by atoms with Crippen molar-refractivity contribution in [3.05, 3.63) is 14.5 Å². The summed E-state index contributed by atoms with van der Waals surface area (Å²) >= 11 is 5.57. The number of nitrogens with zero attached hydrogens (tertiary/aromatic N) is 2. The lowest BCUT2D eigenvalue weighted by Crippen LogP contribution is -1.91. The van der Waals surface area contributed by atoms with E-state index in [1.54, 1.807) is 0 Å². The van der Waals surface area contributed by atoms with Gasteiger partial charge in [-0.15, -0.1) is 0 Å². The molecule has 0 unspecified atom stereocenters. The van der Waals surface area contributed by atoms with Crippen molar-refractivity contribution in [3.8, 4) is 0 Å². The molecule has 62 valence electrons. The first kappa shape index (κ1) is 8.24. The summed E-state index contributed by atoms with van der Waals surface area (Å²) in [5.74, 6) is 0.492. The Bertz CT molecular complexity index is 438. The fourth-order valence-corrected chi connectivity index (χ4v) is 1.99. The van der Waals surface area contributed by atoms with Crippen LogP contribution in [0.15, 0.2) is 10.8 Å². The van der Waals surface area contributed by atoms with Crippen molar-refractivity contribution in [1.29, 1.82) is 0 Å². The Balaban J connectivity index is 2.97. The molecule has 0 aliphatic rings. The SMILES string of the molecule is Nc1ncnc2[nH]c(I)c(Br)c12. The standard InChI is InChI=1S/C6H4BrIN4/c7-3-2-5(9)10-1-11-6(2)12-4(3)8/h1H,(H3,9,10,11,12). The molecule has 0 radical (unpaired) electrons. The van der Waals surface area contributed by atoms with Crippen molar-refractivity contribution in [2.24, 2.45) is 0 Å². The average Bonchev–Trinajstić information content (AvgIpc) is 2.29. The van der Waals surface area contributed by atoms with Crippen molar-refractivity contribution in [3.63, 3.8) is 0 Å². The zero-order chi connectivity index (χ0) is 8.72. The molecule has 0 atom stereocenters. The van der Waals surface area contributed by atoms with Gasteiger partial charge < -0.3 is 10.7 Å². The lowest BCUT2D eigenvalue weighted by atomic mass is 10.4. The van der Waals surface area contributed by atoms with E-state index in [2.05, 4.69) is 53.5 Å². The molecule has 2 heterocycles. The van der Waals surface area contributed by atoms with Gasteiger partial charge in [0.1, 0.15) is 17.8 Å². The van der Waals surface area contributed by atoms with Gasteiger partial charge in [0.25, 0.3) is 0 Å². The second-order valence-corrected chi connectivity index (χ2v) is 4.11. The first-order valence-corrected chi connectivity index (χ1v) is 5.00. The lowest BCUT2D eigenvalue weighted by Gasteiger charge is -1.92. The summed E-state index contributed by atoms with van der Waals surface area (Å²) in [5, 5.41) is 0.849. The van der Waals surface area contributed by atoms with Gasteiger partial charge in [0.15, 0.2) is 0 Å². The van der Waals surface area contributed by atoms with Crippen molar-refractivity contribution >= 4 is 55.4 Å². The number of H-pyrrole nitrogens is 1. The molecule has 0 saturated heterocycles. The number of halogens is 2. The Morgan fingerprint density at radius 1 is 1.50 bits per heavy atom. The monoisotopic (exact) mass is 338 g/mol. The van der Waals surface area contributed by atoms with E-state index >= 15 is 0 Å². The Morgan fingerprint density at radius 2 is 2.25 bits per heavy atom. The predicted molar refractivity (Wildman–Crippen MR) is 58.7 cm³/mol. The van der Waals surface area contributed by atoms with Crippen LogP contribution in [0.5, 0.6) is 0 Å². The van der Waals surface area contributed by atoms with Crippen LogP contribution in [0.25, 0.3) is 11.0 Å². The molecule has 2 rings (SSSR count). The van der Waals surface area contributed by atoms with E-state index in [1.165, 1.54) is 6.33 Å². The zero-order valence-corrected chi connectivity index (χ0v) is 9.55. The molecule has 2 aromatic heterocycles. The number of rotatable bonds is 0. The highest BCUT2D eigenvalue weighted by Crippen LogP contribution is 2.30. The highest BCUT2D eigenvalue weighted by Gasteiger charge is 2.10. The Morgan fingerprint density at radius 3 is 2.92 bits per heavy atom. The summed E-state index contributed by atoms with van der Waals surface area (Å²) in [6, 6.07) is 0. The maximum Gasteiger partial charge on any atom is 0.144 e. The number of hydrogen-bond acceptors (Lipinski definition) is 3. The van der Waals surface area contributed by atoms with E-state index in [0.29, 0.717) is 5.82 Å². The van der Waals surface area contributed by atoms with Gasteiger partial charge in [-0.2, -0.15) is 0 Å². The number of nitrogen functional groups attached to an aromatic ring is 1. The minimum absolute atomic E-state index is 0.492. The molecular weight excluding hydrogens is 335 g/mol. The third kappa shape index (κ3) is 1.09. The number of nitrogens with two attached hydrogens (primary N) is 1.